The van der Waals surface area contributed by atoms with E-state index in [1.165, 1.54) is 0 Å². The quantitative estimate of drug-likeness (QED) is 0.378. The first-order valence-corrected chi connectivity index (χ1v) is 6.44. The van der Waals surface area contributed by atoms with E-state index in [-0.39, 0.29) is 5.92 Å². The van der Waals surface area contributed by atoms with Crippen LogP contribution in [0.3, 0.4) is 0 Å². The van der Waals surface area contributed by atoms with Crippen molar-refractivity contribution in [3.63, 3.8) is 0 Å². The fourth-order valence-electron chi connectivity index (χ4n) is 2.40. The van der Waals surface area contributed by atoms with E-state index in [9.17, 15) is 5.21 Å². The van der Waals surface area contributed by atoms with Crippen molar-refractivity contribution in [2.75, 3.05) is 0 Å². The van der Waals surface area contributed by atoms with Crippen molar-refractivity contribution in [1.29, 1.82) is 0 Å². The van der Waals surface area contributed by atoms with Gasteiger partial charge in [-0.1, -0.05) is 35.5 Å². The molecule has 2 aromatic heterocycles. The fourth-order valence-corrected chi connectivity index (χ4v) is 2.40. The van der Waals surface area contributed by atoms with Gasteiger partial charge in [0.2, 0.25) is 0 Å². The van der Waals surface area contributed by atoms with Gasteiger partial charge in [-0.15, -0.1) is 0 Å². The molecule has 0 aliphatic rings. The minimum Gasteiger partial charge on any atom is -0.411 e. The van der Waals surface area contributed by atoms with Gasteiger partial charge in [-0.25, -0.2) is 0 Å². The third kappa shape index (κ3) is 2.23. The Hall–Kier alpha value is -2.75. The number of H-pyrrole nitrogens is 2. The molecule has 0 saturated carbocycles. The largest absolute Gasteiger partial charge is 0.411 e. The standard InChI is InChI=1S/C16H15N3O/c20-19-16(12-6-2-1-3-7-12)15(13-8-4-10-17-13)14-9-5-11-18-14/h1-11,15,17-18,20H/b19-16-. The lowest BCUT2D eigenvalue weighted by atomic mass is 9.91. The number of aromatic amines is 2. The van der Waals surface area contributed by atoms with E-state index in [4.69, 9.17) is 0 Å². The molecule has 0 bridgehead atoms. The molecule has 0 aliphatic carbocycles. The van der Waals surface area contributed by atoms with Crippen LogP contribution in [0, 0.1) is 0 Å². The van der Waals surface area contributed by atoms with Crippen molar-refractivity contribution in [2.45, 2.75) is 5.92 Å². The minimum absolute atomic E-state index is 0.160. The highest BCUT2D eigenvalue weighted by atomic mass is 16.4. The Morgan fingerprint density at radius 1 is 0.850 bits per heavy atom. The van der Waals surface area contributed by atoms with Gasteiger partial charge in [-0.2, -0.15) is 0 Å². The Kier molecular flexibility index (Phi) is 3.37. The van der Waals surface area contributed by atoms with Gasteiger partial charge in [-0.3, -0.25) is 0 Å². The Morgan fingerprint density at radius 2 is 1.45 bits per heavy atom. The molecule has 3 rings (SSSR count). The lowest BCUT2D eigenvalue weighted by Gasteiger charge is -2.16. The van der Waals surface area contributed by atoms with Gasteiger partial charge in [0.1, 0.15) is 5.71 Å². The highest BCUT2D eigenvalue weighted by Gasteiger charge is 2.24. The van der Waals surface area contributed by atoms with Crippen LogP contribution in [0.2, 0.25) is 0 Å². The summed E-state index contributed by atoms with van der Waals surface area (Å²) in [4.78, 5) is 6.40. The van der Waals surface area contributed by atoms with E-state index in [0.29, 0.717) is 5.71 Å². The number of benzene rings is 1. The Morgan fingerprint density at radius 3 is 1.90 bits per heavy atom. The van der Waals surface area contributed by atoms with Crippen molar-refractivity contribution in [3.05, 3.63) is 83.9 Å². The molecule has 0 atom stereocenters. The summed E-state index contributed by atoms with van der Waals surface area (Å²) in [6.45, 7) is 0. The summed E-state index contributed by atoms with van der Waals surface area (Å²) in [5.41, 5.74) is 3.45. The first-order chi connectivity index (χ1) is 9.90. The van der Waals surface area contributed by atoms with E-state index in [0.717, 1.165) is 17.0 Å². The lowest BCUT2D eigenvalue weighted by Crippen LogP contribution is -2.16. The molecule has 1 aromatic carbocycles. The van der Waals surface area contributed by atoms with Crippen LogP contribution in [0.1, 0.15) is 22.9 Å². The third-order valence-electron chi connectivity index (χ3n) is 3.32. The van der Waals surface area contributed by atoms with E-state index in [2.05, 4.69) is 15.1 Å². The zero-order chi connectivity index (χ0) is 13.8. The second kappa shape index (κ2) is 5.48. The molecular weight excluding hydrogens is 250 g/mol. The fraction of sp³-hybridized carbons (Fsp3) is 0.0625. The van der Waals surface area contributed by atoms with Gasteiger partial charge in [0, 0.05) is 29.3 Å². The maximum absolute atomic E-state index is 9.51. The molecule has 3 N–H and O–H groups in total. The Bertz CT molecular complexity index is 636. The molecular formula is C16H15N3O. The molecule has 100 valence electrons. The van der Waals surface area contributed by atoms with Crippen molar-refractivity contribution < 1.29 is 5.21 Å². The molecule has 0 spiro atoms. The molecule has 0 aliphatic heterocycles. The van der Waals surface area contributed by atoms with Crippen LogP contribution in [0.25, 0.3) is 0 Å². The second-order valence-corrected chi connectivity index (χ2v) is 4.54. The van der Waals surface area contributed by atoms with Crippen molar-refractivity contribution >= 4 is 5.71 Å². The number of oxime groups is 1. The molecule has 2 heterocycles. The van der Waals surface area contributed by atoms with Gasteiger partial charge >= 0.3 is 0 Å². The number of hydrogen-bond acceptors (Lipinski definition) is 2. The van der Waals surface area contributed by atoms with Crippen LogP contribution >= 0.6 is 0 Å². The van der Waals surface area contributed by atoms with Crippen LogP contribution in [-0.4, -0.2) is 20.9 Å². The predicted molar refractivity (Wildman–Crippen MR) is 78.2 cm³/mol. The second-order valence-electron chi connectivity index (χ2n) is 4.54. The molecule has 0 unspecified atom stereocenters. The van der Waals surface area contributed by atoms with Crippen molar-refractivity contribution in [3.8, 4) is 0 Å². The maximum Gasteiger partial charge on any atom is 0.102 e. The van der Waals surface area contributed by atoms with Crippen molar-refractivity contribution in [2.24, 2.45) is 5.16 Å². The first-order valence-electron chi connectivity index (χ1n) is 6.44. The zero-order valence-electron chi connectivity index (χ0n) is 10.8. The van der Waals surface area contributed by atoms with Gasteiger partial charge in [-0.05, 0) is 24.3 Å². The average Bonchev–Trinajstić information content (AvgIpc) is 3.19. The number of aromatic nitrogens is 2. The summed E-state index contributed by atoms with van der Waals surface area (Å²) in [6.07, 6.45) is 3.73. The number of nitrogens with one attached hydrogen (secondary N) is 2. The van der Waals surface area contributed by atoms with E-state index >= 15 is 0 Å². The summed E-state index contributed by atoms with van der Waals surface area (Å²) in [5.74, 6) is -0.160. The van der Waals surface area contributed by atoms with Crippen LogP contribution in [-0.2, 0) is 0 Å². The van der Waals surface area contributed by atoms with E-state index in [1.54, 1.807) is 0 Å². The lowest BCUT2D eigenvalue weighted by molar-refractivity contribution is 0.317. The Balaban J connectivity index is 2.10. The third-order valence-corrected chi connectivity index (χ3v) is 3.32. The number of rotatable bonds is 4. The first kappa shape index (κ1) is 12.3. The van der Waals surface area contributed by atoms with Crippen LogP contribution in [0.4, 0.5) is 0 Å². The van der Waals surface area contributed by atoms with Crippen LogP contribution in [0.5, 0.6) is 0 Å². The normalized spacial score (nSPS) is 11.9. The highest BCUT2D eigenvalue weighted by Crippen LogP contribution is 2.27. The number of hydrogen-bond donors (Lipinski definition) is 3. The monoisotopic (exact) mass is 265 g/mol. The Labute approximate surface area is 116 Å². The summed E-state index contributed by atoms with van der Waals surface area (Å²) in [5, 5.41) is 13.1. The van der Waals surface area contributed by atoms with Crippen molar-refractivity contribution in [1.82, 2.24) is 9.97 Å². The summed E-state index contributed by atoms with van der Waals surface area (Å²) in [6, 6.07) is 17.5. The minimum atomic E-state index is -0.160. The van der Waals surface area contributed by atoms with Gasteiger partial charge < -0.3 is 15.2 Å². The van der Waals surface area contributed by atoms with Crippen LogP contribution in [0.15, 0.2) is 72.1 Å². The average molecular weight is 265 g/mol. The molecule has 4 nitrogen and oxygen atoms in total. The van der Waals surface area contributed by atoms with Gasteiger partial charge in [0.25, 0.3) is 0 Å². The predicted octanol–water partition coefficient (Wildman–Crippen LogP) is 3.35. The molecule has 0 radical (unpaired) electrons. The van der Waals surface area contributed by atoms with E-state index < -0.39 is 0 Å². The van der Waals surface area contributed by atoms with Gasteiger partial charge in [0.05, 0.1) is 5.92 Å². The SMILES string of the molecule is O/N=C(/c1ccccc1)C(c1ccc[nH]1)c1ccc[nH]1. The topological polar surface area (TPSA) is 64.2 Å². The molecule has 0 amide bonds. The highest BCUT2D eigenvalue weighted by molar-refractivity contribution is 6.06. The molecule has 3 aromatic rings. The zero-order valence-corrected chi connectivity index (χ0v) is 10.8. The van der Waals surface area contributed by atoms with E-state index in [1.807, 2.05) is 67.0 Å². The molecule has 20 heavy (non-hydrogen) atoms. The molecule has 0 fully saturated rings. The van der Waals surface area contributed by atoms with Gasteiger partial charge in [0.15, 0.2) is 0 Å². The summed E-state index contributed by atoms with van der Waals surface area (Å²) < 4.78 is 0. The van der Waals surface area contributed by atoms with Crippen LogP contribution < -0.4 is 0 Å². The number of nitrogens with zero attached hydrogens (tertiary/aromatic N) is 1. The molecule has 4 heteroatoms. The smallest absolute Gasteiger partial charge is 0.102 e. The summed E-state index contributed by atoms with van der Waals surface area (Å²) in [7, 11) is 0. The maximum atomic E-state index is 9.51. The molecule has 0 saturated heterocycles. The summed E-state index contributed by atoms with van der Waals surface area (Å²) >= 11 is 0.